The van der Waals surface area contributed by atoms with E-state index in [2.05, 4.69) is 5.32 Å². The largest absolute Gasteiger partial charge is 0.481 e. The zero-order valence-electron chi connectivity index (χ0n) is 13.9. The van der Waals surface area contributed by atoms with Crippen molar-refractivity contribution >= 4 is 45.5 Å². The highest BCUT2D eigenvalue weighted by Gasteiger charge is 2.35. The van der Waals surface area contributed by atoms with Crippen LogP contribution in [-0.4, -0.2) is 30.1 Å². The third kappa shape index (κ3) is 3.56. The van der Waals surface area contributed by atoms with Crippen molar-refractivity contribution in [3.05, 3.63) is 40.6 Å². The van der Waals surface area contributed by atoms with E-state index in [4.69, 9.17) is 4.74 Å². The van der Waals surface area contributed by atoms with Crippen LogP contribution in [0.1, 0.15) is 23.2 Å². The number of aliphatic carboxylic acids is 1. The summed E-state index contributed by atoms with van der Waals surface area (Å²) in [6, 6.07) is 3.76. The van der Waals surface area contributed by atoms with Crippen LogP contribution in [0.25, 0.3) is 10.4 Å². The zero-order valence-corrected chi connectivity index (χ0v) is 15.6. The van der Waals surface area contributed by atoms with E-state index >= 15 is 0 Å². The second-order valence-electron chi connectivity index (χ2n) is 5.81. The van der Waals surface area contributed by atoms with Crippen molar-refractivity contribution in [2.24, 2.45) is 11.8 Å². The van der Waals surface area contributed by atoms with Crippen LogP contribution in [-0.2, 0) is 14.3 Å². The Morgan fingerprint density at radius 3 is 2.54 bits per heavy atom. The van der Waals surface area contributed by atoms with Gasteiger partial charge in [-0.15, -0.1) is 22.7 Å². The Kier molecular flexibility index (Phi) is 5.53. The van der Waals surface area contributed by atoms with E-state index in [1.165, 1.54) is 29.8 Å². The van der Waals surface area contributed by atoms with Gasteiger partial charge >= 0.3 is 11.9 Å². The number of anilines is 1. The molecule has 0 saturated heterocycles. The van der Waals surface area contributed by atoms with Gasteiger partial charge in [-0.3, -0.25) is 9.59 Å². The number of hydrogen-bond donors (Lipinski definition) is 2. The van der Waals surface area contributed by atoms with Gasteiger partial charge in [-0.1, -0.05) is 18.2 Å². The highest BCUT2D eigenvalue weighted by Crippen LogP contribution is 2.39. The fourth-order valence-electron chi connectivity index (χ4n) is 2.95. The molecule has 6 nitrogen and oxygen atoms in total. The number of allylic oxidation sites excluding steroid dienone is 2. The van der Waals surface area contributed by atoms with Gasteiger partial charge in [0.2, 0.25) is 5.91 Å². The van der Waals surface area contributed by atoms with Crippen LogP contribution in [0.3, 0.4) is 0 Å². The van der Waals surface area contributed by atoms with E-state index in [0.29, 0.717) is 29.0 Å². The number of amides is 1. The molecule has 3 rings (SSSR count). The van der Waals surface area contributed by atoms with E-state index in [0.717, 1.165) is 4.88 Å². The molecule has 0 fully saturated rings. The van der Waals surface area contributed by atoms with Gasteiger partial charge in [-0.05, 0) is 24.3 Å². The van der Waals surface area contributed by atoms with E-state index in [-0.39, 0.29) is 0 Å². The van der Waals surface area contributed by atoms with Crippen LogP contribution in [0, 0.1) is 11.8 Å². The molecule has 136 valence electrons. The zero-order chi connectivity index (χ0) is 18.7. The van der Waals surface area contributed by atoms with Gasteiger partial charge in [0.15, 0.2) is 0 Å². The van der Waals surface area contributed by atoms with Crippen molar-refractivity contribution in [2.75, 3.05) is 12.4 Å². The molecular weight excluding hydrogens is 374 g/mol. The van der Waals surface area contributed by atoms with Crippen molar-refractivity contribution in [3.63, 3.8) is 0 Å². The Balaban J connectivity index is 1.90. The summed E-state index contributed by atoms with van der Waals surface area (Å²) in [4.78, 5) is 37.3. The summed E-state index contributed by atoms with van der Waals surface area (Å²) in [5.41, 5.74) is 0.997. The lowest BCUT2D eigenvalue weighted by Crippen LogP contribution is -2.34. The monoisotopic (exact) mass is 391 g/mol. The van der Waals surface area contributed by atoms with Crippen LogP contribution in [0.2, 0.25) is 0 Å². The lowest BCUT2D eigenvalue weighted by molar-refractivity contribution is -0.146. The number of esters is 1. The predicted molar refractivity (Wildman–Crippen MR) is 101 cm³/mol. The number of carboxylic acid groups (broad SMARTS) is 1. The lowest BCUT2D eigenvalue weighted by atomic mass is 9.82. The Labute approximate surface area is 158 Å². The summed E-state index contributed by atoms with van der Waals surface area (Å²) >= 11 is 2.71. The number of rotatable bonds is 5. The Bertz CT molecular complexity index is 853. The molecule has 2 aromatic rings. The Hall–Kier alpha value is -2.45. The minimum Gasteiger partial charge on any atom is -0.481 e. The van der Waals surface area contributed by atoms with E-state index in [1.54, 1.807) is 11.5 Å². The maximum Gasteiger partial charge on any atom is 0.341 e. The van der Waals surface area contributed by atoms with Crippen LogP contribution in [0.15, 0.2) is 35.0 Å². The van der Waals surface area contributed by atoms with Gasteiger partial charge in [-0.2, -0.15) is 0 Å². The topological polar surface area (TPSA) is 92.7 Å². The fourth-order valence-corrected chi connectivity index (χ4v) is 4.72. The second kappa shape index (κ2) is 7.84. The van der Waals surface area contributed by atoms with E-state index in [1.807, 2.05) is 23.6 Å². The third-order valence-corrected chi connectivity index (χ3v) is 6.09. The molecule has 2 aromatic heterocycles. The molecule has 1 amide bonds. The van der Waals surface area contributed by atoms with Crippen molar-refractivity contribution in [1.29, 1.82) is 0 Å². The minimum atomic E-state index is -0.992. The van der Waals surface area contributed by atoms with Gasteiger partial charge in [0.25, 0.3) is 0 Å². The van der Waals surface area contributed by atoms with Crippen molar-refractivity contribution < 1.29 is 24.2 Å². The molecule has 0 radical (unpaired) electrons. The molecule has 1 aliphatic carbocycles. The Morgan fingerprint density at radius 1 is 1.19 bits per heavy atom. The highest BCUT2D eigenvalue weighted by molar-refractivity contribution is 7.17. The van der Waals surface area contributed by atoms with Crippen LogP contribution in [0.4, 0.5) is 5.00 Å². The molecule has 0 aromatic carbocycles. The lowest BCUT2D eigenvalue weighted by Gasteiger charge is -2.24. The molecule has 0 aliphatic heterocycles. The third-order valence-electron chi connectivity index (χ3n) is 4.29. The number of carbonyl (C=O) groups is 3. The molecule has 2 heterocycles. The molecule has 0 spiro atoms. The smallest absolute Gasteiger partial charge is 0.341 e. The summed E-state index contributed by atoms with van der Waals surface area (Å²) < 4.78 is 4.88. The molecule has 2 N–H and O–H groups in total. The van der Waals surface area contributed by atoms with Crippen LogP contribution < -0.4 is 5.32 Å². The SMILES string of the molecule is COC(=O)c1c(-c2cccs2)csc1NC(=O)[C@@H]1CC=CC[C@@H]1C(=O)O. The normalized spacial score (nSPS) is 19.1. The molecule has 0 bridgehead atoms. The first-order valence-corrected chi connectivity index (χ1v) is 9.71. The number of carbonyl (C=O) groups excluding carboxylic acids is 2. The van der Waals surface area contributed by atoms with Crippen LogP contribution in [0.5, 0.6) is 0 Å². The number of nitrogens with one attached hydrogen (secondary N) is 1. The number of hydrogen-bond acceptors (Lipinski definition) is 6. The average Bonchev–Trinajstić information content (AvgIpc) is 3.30. The summed E-state index contributed by atoms with van der Waals surface area (Å²) in [5.74, 6) is -3.36. The first kappa shape index (κ1) is 18.3. The van der Waals surface area contributed by atoms with Gasteiger partial charge in [0.05, 0.1) is 18.9 Å². The maximum atomic E-state index is 12.7. The Morgan fingerprint density at radius 2 is 1.92 bits per heavy atom. The average molecular weight is 391 g/mol. The second-order valence-corrected chi connectivity index (χ2v) is 7.63. The summed E-state index contributed by atoms with van der Waals surface area (Å²) in [6.07, 6.45) is 4.28. The quantitative estimate of drug-likeness (QED) is 0.596. The van der Waals surface area contributed by atoms with Crippen molar-refractivity contribution in [3.8, 4) is 10.4 Å². The predicted octanol–water partition coefficient (Wildman–Crippen LogP) is 3.87. The van der Waals surface area contributed by atoms with E-state index in [9.17, 15) is 19.5 Å². The summed E-state index contributed by atoms with van der Waals surface area (Å²) in [5, 5.41) is 16.2. The number of methoxy groups -OCH3 is 1. The fraction of sp³-hybridized carbons (Fsp3) is 0.278. The molecule has 26 heavy (non-hydrogen) atoms. The summed E-state index contributed by atoms with van der Waals surface area (Å²) in [7, 11) is 1.29. The first-order chi connectivity index (χ1) is 12.5. The standard InChI is InChI=1S/C18H17NO5S2/c1-24-18(23)14-12(13-7-4-8-25-13)9-26-16(14)19-15(20)10-5-2-3-6-11(10)17(21)22/h2-4,7-11H,5-6H2,1H3,(H,19,20)(H,21,22)/t10-,11+/m1/s1. The van der Waals surface area contributed by atoms with Gasteiger partial charge in [0, 0.05) is 15.8 Å². The molecule has 8 heteroatoms. The molecule has 2 atom stereocenters. The number of carboxylic acids is 1. The minimum absolute atomic E-state index is 0.298. The van der Waals surface area contributed by atoms with E-state index < -0.39 is 29.7 Å². The molecule has 0 saturated carbocycles. The van der Waals surface area contributed by atoms with Crippen LogP contribution >= 0.6 is 22.7 Å². The molecule has 0 unspecified atom stereocenters. The number of ether oxygens (including phenoxy) is 1. The van der Waals surface area contributed by atoms with Gasteiger partial charge < -0.3 is 15.2 Å². The molecule has 1 aliphatic rings. The van der Waals surface area contributed by atoms with Gasteiger partial charge in [-0.25, -0.2) is 4.79 Å². The highest BCUT2D eigenvalue weighted by atomic mass is 32.1. The van der Waals surface area contributed by atoms with Crippen molar-refractivity contribution in [1.82, 2.24) is 0 Å². The maximum absolute atomic E-state index is 12.7. The summed E-state index contributed by atoms with van der Waals surface area (Å²) in [6.45, 7) is 0. The molecular formula is C18H17NO5S2. The van der Waals surface area contributed by atoms with Crippen molar-refractivity contribution in [2.45, 2.75) is 12.8 Å². The number of thiophene rings is 2. The first-order valence-electron chi connectivity index (χ1n) is 7.95. The van der Waals surface area contributed by atoms with Gasteiger partial charge in [0.1, 0.15) is 10.6 Å².